The molecular weight excluding hydrogens is 384 g/mol. The Labute approximate surface area is 148 Å². The van der Waals surface area contributed by atoms with Gasteiger partial charge in [0.15, 0.2) is 0 Å². The van der Waals surface area contributed by atoms with Crippen molar-refractivity contribution < 1.29 is 14.3 Å². The van der Waals surface area contributed by atoms with Gasteiger partial charge in [-0.05, 0) is 53.7 Å². The van der Waals surface area contributed by atoms with E-state index >= 15 is 0 Å². The van der Waals surface area contributed by atoms with E-state index in [1.165, 1.54) is 0 Å². The van der Waals surface area contributed by atoms with Gasteiger partial charge in [0.1, 0.15) is 0 Å². The highest BCUT2D eigenvalue weighted by Crippen LogP contribution is 2.32. The summed E-state index contributed by atoms with van der Waals surface area (Å²) in [5.74, 6) is -0.388. The third-order valence-corrected chi connectivity index (χ3v) is 4.90. The molecule has 1 aliphatic carbocycles. The number of ether oxygens (including phenoxy) is 1. The lowest BCUT2D eigenvalue weighted by atomic mass is 9.99. The summed E-state index contributed by atoms with van der Waals surface area (Å²) in [6.45, 7) is 1.18. The van der Waals surface area contributed by atoms with E-state index in [4.69, 9.17) is 16.3 Å². The zero-order valence-corrected chi connectivity index (χ0v) is 14.9. The summed E-state index contributed by atoms with van der Waals surface area (Å²) < 4.78 is 5.88. The fourth-order valence-corrected chi connectivity index (χ4v) is 3.46. The zero-order valence-electron chi connectivity index (χ0n) is 12.5. The molecule has 5 nitrogen and oxygen atoms in total. The molecule has 3 rings (SSSR count). The second-order valence-electron chi connectivity index (χ2n) is 5.93. The molecule has 1 saturated heterocycles. The SMILES string of the molecule is O=C(NC1CC1)c1cc(Cl)cc(Br)c1NC(=O)C1CCOCC1. The summed E-state index contributed by atoms with van der Waals surface area (Å²) >= 11 is 9.46. The van der Waals surface area contributed by atoms with Gasteiger partial charge in [-0.25, -0.2) is 0 Å². The Balaban J connectivity index is 1.81. The van der Waals surface area contributed by atoms with Crippen molar-refractivity contribution in [1.82, 2.24) is 5.32 Å². The number of carbonyl (C=O) groups excluding carboxylic acids is 2. The maximum absolute atomic E-state index is 12.5. The van der Waals surface area contributed by atoms with Crippen LogP contribution in [0.15, 0.2) is 16.6 Å². The van der Waals surface area contributed by atoms with Crippen LogP contribution in [0.4, 0.5) is 5.69 Å². The molecule has 2 fully saturated rings. The van der Waals surface area contributed by atoms with Crippen LogP contribution in [0.5, 0.6) is 0 Å². The molecule has 7 heteroatoms. The Kier molecular flexibility index (Phi) is 5.24. The lowest BCUT2D eigenvalue weighted by Crippen LogP contribution is -2.31. The van der Waals surface area contributed by atoms with Gasteiger partial charge in [-0.1, -0.05) is 11.6 Å². The Hall–Kier alpha value is -1.11. The van der Waals surface area contributed by atoms with Crippen LogP contribution in [0.3, 0.4) is 0 Å². The fraction of sp³-hybridized carbons (Fsp3) is 0.500. The van der Waals surface area contributed by atoms with Crippen LogP contribution in [0.2, 0.25) is 5.02 Å². The normalized spacial score (nSPS) is 18.5. The van der Waals surface area contributed by atoms with Crippen LogP contribution in [0.1, 0.15) is 36.0 Å². The van der Waals surface area contributed by atoms with E-state index in [0.29, 0.717) is 46.8 Å². The molecule has 1 aromatic rings. The second-order valence-corrected chi connectivity index (χ2v) is 7.22. The van der Waals surface area contributed by atoms with Gasteiger partial charge >= 0.3 is 0 Å². The number of hydrogen-bond donors (Lipinski definition) is 2. The largest absolute Gasteiger partial charge is 0.381 e. The first-order valence-electron chi connectivity index (χ1n) is 7.73. The Morgan fingerprint density at radius 2 is 1.87 bits per heavy atom. The highest BCUT2D eigenvalue weighted by atomic mass is 79.9. The highest BCUT2D eigenvalue weighted by Gasteiger charge is 2.27. The van der Waals surface area contributed by atoms with E-state index in [0.717, 1.165) is 12.8 Å². The van der Waals surface area contributed by atoms with Gasteiger partial charge in [0.05, 0.1) is 11.3 Å². The molecule has 1 aliphatic heterocycles. The molecule has 2 amide bonds. The molecule has 0 unspecified atom stereocenters. The maximum atomic E-state index is 12.5. The van der Waals surface area contributed by atoms with Gasteiger partial charge < -0.3 is 15.4 Å². The average molecular weight is 402 g/mol. The number of halogens is 2. The lowest BCUT2D eigenvalue weighted by molar-refractivity contribution is -0.122. The second kappa shape index (κ2) is 7.20. The Bertz CT molecular complexity index is 628. The molecule has 1 heterocycles. The molecule has 1 saturated carbocycles. The standard InChI is InChI=1S/C16H18BrClN2O3/c17-13-8-10(18)7-12(16(22)19-11-1-2-11)14(13)20-15(21)9-3-5-23-6-4-9/h7-9,11H,1-6H2,(H,19,22)(H,20,21). The Morgan fingerprint density at radius 1 is 1.17 bits per heavy atom. The van der Waals surface area contributed by atoms with E-state index in [1.54, 1.807) is 12.1 Å². The summed E-state index contributed by atoms with van der Waals surface area (Å²) in [5, 5.41) is 6.26. The Morgan fingerprint density at radius 3 is 2.52 bits per heavy atom. The summed E-state index contributed by atoms with van der Waals surface area (Å²) in [6, 6.07) is 3.50. The van der Waals surface area contributed by atoms with Gasteiger partial charge in [-0.2, -0.15) is 0 Å². The number of anilines is 1. The van der Waals surface area contributed by atoms with Crippen molar-refractivity contribution in [3.8, 4) is 0 Å². The molecule has 0 atom stereocenters. The van der Waals surface area contributed by atoms with Crippen molar-refractivity contribution in [3.63, 3.8) is 0 Å². The molecule has 0 spiro atoms. The quantitative estimate of drug-likeness (QED) is 0.813. The van der Waals surface area contributed by atoms with Crippen molar-refractivity contribution in [1.29, 1.82) is 0 Å². The van der Waals surface area contributed by atoms with Crippen molar-refractivity contribution in [3.05, 3.63) is 27.2 Å². The first-order chi connectivity index (χ1) is 11.0. The van der Waals surface area contributed by atoms with Crippen molar-refractivity contribution in [2.45, 2.75) is 31.7 Å². The van der Waals surface area contributed by atoms with Crippen molar-refractivity contribution in [2.75, 3.05) is 18.5 Å². The van der Waals surface area contributed by atoms with Gasteiger partial charge in [0.2, 0.25) is 5.91 Å². The smallest absolute Gasteiger partial charge is 0.253 e. The molecule has 1 aromatic carbocycles. The molecule has 2 aliphatic rings. The minimum atomic E-state index is -0.210. The molecule has 0 bridgehead atoms. The monoisotopic (exact) mass is 400 g/mol. The minimum Gasteiger partial charge on any atom is -0.381 e. The molecule has 0 aromatic heterocycles. The van der Waals surface area contributed by atoms with Crippen molar-refractivity contribution >= 4 is 45.0 Å². The predicted molar refractivity (Wildman–Crippen MR) is 91.8 cm³/mol. The topological polar surface area (TPSA) is 67.4 Å². The number of benzene rings is 1. The molecule has 124 valence electrons. The lowest BCUT2D eigenvalue weighted by Gasteiger charge is -2.22. The average Bonchev–Trinajstić information content (AvgIpc) is 3.34. The van der Waals surface area contributed by atoms with Crippen LogP contribution < -0.4 is 10.6 Å². The van der Waals surface area contributed by atoms with Gasteiger partial charge in [-0.3, -0.25) is 9.59 Å². The third kappa shape index (κ3) is 4.25. The van der Waals surface area contributed by atoms with Crippen LogP contribution >= 0.6 is 27.5 Å². The number of nitrogens with one attached hydrogen (secondary N) is 2. The molecule has 2 N–H and O–H groups in total. The van der Waals surface area contributed by atoms with E-state index in [-0.39, 0.29) is 23.8 Å². The van der Waals surface area contributed by atoms with Crippen LogP contribution in [-0.4, -0.2) is 31.1 Å². The number of carbonyl (C=O) groups is 2. The zero-order chi connectivity index (χ0) is 16.4. The van der Waals surface area contributed by atoms with E-state index in [2.05, 4.69) is 26.6 Å². The summed E-state index contributed by atoms with van der Waals surface area (Å²) in [5.41, 5.74) is 0.862. The fourth-order valence-electron chi connectivity index (χ4n) is 2.56. The van der Waals surface area contributed by atoms with Crippen molar-refractivity contribution in [2.24, 2.45) is 5.92 Å². The minimum absolute atomic E-state index is 0.0863. The highest BCUT2D eigenvalue weighted by molar-refractivity contribution is 9.10. The summed E-state index contributed by atoms with van der Waals surface area (Å²) in [4.78, 5) is 24.9. The summed E-state index contributed by atoms with van der Waals surface area (Å²) in [6.07, 6.45) is 3.38. The predicted octanol–water partition coefficient (Wildman–Crippen LogP) is 3.36. The summed E-state index contributed by atoms with van der Waals surface area (Å²) in [7, 11) is 0. The van der Waals surface area contributed by atoms with Crippen LogP contribution in [0.25, 0.3) is 0 Å². The van der Waals surface area contributed by atoms with E-state index < -0.39 is 0 Å². The van der Waals surface area contributed by atoms with Gasteiger partial charge in [-0.15, -0.1) is 0 Å². The van der Waals surface area contributed by atoms with Crippen LogP contribution in [0, 0.1) is 5.92 Å². The van der Waals surface area contributed by atoms with Gasteiger partial charge in [0.25, 0.3) is 5.91 Å². The molecule has 0 radical (unpaired) electrons. The van der Waals surface area contributed by atoms with Gasteiger partial charge in [0, 0.05) is 34.7 Å². The van der Waals surface area contributed by atoms with Crippen LogP contribution in [-0.2, 0) is 9.53 Å². The third-order valence-electron chi connectivity index (χ3n) is 4.05. The number of rotatable bonds is 4. The maximum Gasteiger partial charge on any atom is 0.253 e. The molecular formula is C16H18BrClN2O3. The first kappa shape index (κ1) is 16.7. The first-order valence-corrected chi connectivity index (χ1v) is 8.90. The van der Waals surface area contributed by atoms with E-state index in [1.807, 2.05) is 0 Å². The van der Waals surface area contributed by atoms with E-state index in [9.17, 15) is 9.59 Å². The number of amides is 2. The molecule has 23 heavy (non-hydrogen) atoms. The number of hydrogen-bond acceptors (Lipinski definition) is 3.